The summed E-state index contributed by atoms with van der Waals surface area (Å²) in [6.07, 6.45) is -4.64. The van der Waals surface area contributed by atoms with Crippen molar-refractivity contribution in [2.45, 2.75) is 45.0 Å². The number of rotatable bonds is 8. The highest BCUT2D eigenvalue weighted by molar-refractivity contribution is 5.75. The van der Waals surface area contributed by atoms with Crippen molar-refractivity contribution in [3.8, 4) is 17.1 Å². The van der Waals surface area contributed by atoms with Gasteiger partial charge in [-0.25, -0.2) is 23.5 Å². The van der Waals surface area contributed by atoms with Gasteiger partial charge >= 0.3 is 12.2 Å². The van der Waals surface area contributed by atoms with Crippen molar-refractivity contribution in [2.24, 2.45) is 0 Å². The van der Waals surface area contributed by atoms with Crippen molar-refractivity contribution in [1.29, 1.82) is 0 Å². The molecule has 34 heavy (non-hydrogen) atoms. The molecule has 0 fully saturated rings. The van der Waals surface area contributed by atoms with Gasteiger partial charge in [0.15, 0.2) is 5.65 Å². The van der Waals surface area contributed by atoms with Crippen LogP contribution in [0.15, 0.2) is 42.9 Å². The first-order chi connectivity index (χ1) is 16.0. The molecule has 7 nitrogen and oxygen atoms in total. The largest absolute Gasteiger partial charge is 0.478 e. The molecule has 0 aliphatic rings. The molecule has 2 aromatic heterocycles. The lowest BCUT2D eigenvalue weighted by molar-refractivity contribution is -0.161. The molecule has 12 heteroatoms. The second-order valence-corrected chi connectivity index (χ2v) is 7.55. The fourth-order valence-electron chi connectivity index (χ4n) is 3.59. The first kappa shape index (κ1) is 25.2. The topological polar surface area (TPSA) is 71.8 Å². The zero-order valence-electron chi connectivity index (χ0n) is 18.7. The highest BCUT2D eigenvalue weighted by Gasteiger charge is 2.43. The molecule has 0 radical (unpaired) electrons. The minimum absolute atomic E-state index is 0.0591. The number of hydrogen-bond donors (Lipinski definition) is 1. The third-order valence-electron chi connectivity index (χ3n) is 5.38. The van der Waals surface area contributed by atoms with Gasteiger partial charge in [0.2, 0.25) is 6.43 Å². The number of nitrogens with zero attached hydrogens (tertiary/aromatic N) is 4. The van der Waals surface area contributed by atoms with E-state index < -0.39 is 37.1 Å². The lowest BCUT2D eigenvalue weighted by Crippen LogP contribution is -2.51. The molecule has 2 amide bonds. The van der Waals surface area contributed by atoms with Gasteiger partial charge in [-0.15, -0.1) is 0 Å². The van der Waals surface area contributed by atoms with Crippen molar-refractivity contribution in [1.82, 2.24) is 24.6 Å². The molecule has 0 saturated heterocycles. The smallest absolute Gasteiger partial charge is 0.408 e. The number of nitrogens with one attached hydrogen (secondary N) is 1. The highest BCUT2D eigenvalue weighted by atomic mass is 19.4. The Morgan fingerprint density at radius 1 is 1.29 bits per heavy atom. The fourth-order valence-corrected chi connectivity index (χ4v) is 3.59. The van der Waals surface area contributed by atoms with Crippen molar-refractivity contribution in [3.05, 3.63) is 48.4 Å². The van der Waals surface area contributed by atoms with Crippen molar-refractivity contribution in [2.75, 3.05) is 13.7 Å². The molecular formula is C22H24F5N5O2. The summed E-state index contributed by atoms with van der Waals surface area (Å²) in [5.41, 5.74) is 2.39. The average molecular weight is 485 g/mol. The number of hydrogen-bond acceptors (Lipinski definition) is 4. The molecule has 2 atom stereocenters. The SMILES string of the molecule is CCN(C(=O)NC(CC(F)F)C(F)(F)F)[C@H](C)c1cccc(-c2cn3ccnc3c(OC)n2)c1. The van der Waals surface area contributed by atoms with E-state index in [2.05, 4.69) is 9.97 Å². The van der Waals surface area contributed by atoms with Gasteiger partial charge in [0, 0.05) is 37.1 Å². The van der Waals surface area contributed by atoms with Gasteiger partial charge < -0.3 is 19.4 Å². The number of aromatic nitrogens is 3. The van der Waals surface area contributed by atoms with Gasteiger partial charge in [-0.05, 0) is 25.5 Å². The van der Waals surface area contributed by atoms with Crippen LogP contribution in [0.4, 0.5) is 26.7 Å². The normalized spacial score (nSPS) is 13.7. The summed E-state index contributed by atoms with van der Waals surface area (Å²) in [5, 5.41) is 1.71. The van der Waals surface area contributed by atoms with E-state index in [1.165, 1.54) is 7.11 Å². The third kappa shape index (κ3) is 5.54. The number of alkyl halides is 5. The Kier molecular flexibility index (Phi) is 7.57. The van der Waals surface area contributed by atoms with Gasteiger partial charge in [-0.2, -0.15) is 13.2 Å². The monoisotopic (exact) mass is 485 g/mol. The van der Waals surface area contributed by atoms with Crippen LogP contribution in [0.1, 0.15) is 31.9 Å². The maximum Gasteiger partial charge on any atom is 0.408 e. The maximum atomic E-state index is 13.1. The number of carbonyl (C=O) groups is 1. The standard InChI is InChI=1S/C22H24F5N5O2/c1-4-32(21(33)30-17(11-18(23)24)22(25,26)27)13(2)14-6-5-7-15(10-14)16-12-31-9-8-28-19(31)20(29-16)34-3/h5-10,12-13,17-18H,4,11H2,1-3H3,(H,30,33)/t13-,17?/m1/s1. The van der Waals surface area contributed by atoms with Crippen molar-refractivity contribution < 1.29 is 31.5 Å². The van der Waals surface area contributed by atoms with E-state index in [1.807, 2.05) is 0 Å². The van der Waals surface area contributed by atoms with E-state index >= 15 is 0 Å². The van der Waals surface area contributed by atoms with E-state index in [0.717, 1.165) is 4.90 Å². The zero-order chi connectivity index (χ0) is 25.0. The Labute approximate surface area is 192 Å². The molecule has 3 aromatic rings. The minimum Gasteiger partial charge on any atom is -0.478 e. The average Bonchev–Trinajstić information content (AvgIpc) is 3.26. The van der Waals surface area contributed by atoms with Gasteiger partial charge in [0.1, 0.15) is 6.04 Å². The maximum absolute atomic E-state index is 13.1. The summed E-state index contributed by atoms with van der Waals surface area (Å²) in [4.78, 5) is 22.4. The zero-order valence-corrected chi connectivity index (χ0v) is 18.7. The van der Waals surface area contributed by atoms with Gasteiger partial charge in [0.25, 0.3) is 5.88 Å². The van der Waals surface area contributed by atoms with Crippen LogP contribution in [0, 0.1) is 0 Å². The van der Waals surface area contributed by atoms with Crippen LogP contribution < -0.4 is 10.1 Å². The molecule has 0 bridgehead atoms. The number of fused-ring (bicyclic) bond motifs is 1. The molecular weight excluding hydrogens is 461 g/mol. The summed E-state index contributed by atoms with van der Waals surface area (Å²) >= 11 is 0. The van der Waals surface area contributed by atoms with Crippen molar-refractivity contribution >= 4 is 11.7 Å². The predicted molar refractivity (Wildman–Crippen MR) is 115 cm³/mol. The third-order valence-corrected chi connectivity index (χ3v) is 5.38. The van der Waals surface area contributed by atoms with Gasteiger partial charge in [-0.3, -0.25) is 0 Å². The number of amides is 2. The van der Waals surface area contributed by atoms with Gasteiger partial charge in [0.05, 0.1) is 18.8 Å². The van der Waals surface area contributed by atoms with Gasteiger partial charge in [-0.1, -0.05) is 18.2 Å². The number of carbonyl (C=O) groups excluding carboxylic acids is 1. The summed E-state index contributed by atoms with van der Waals surface area (Å²) in [6, 6.07) is 2.62. The van der Waals surface area contributed by atoms with Crippen LogP contribution in [-0.2, 0) is 0 Å². The van der Waals surface area contributed by atoms with Crippen LogP contribution in [0.5, 0.6) is 5.88 Å². The Hall–Kier alpha value is -3.44. The molecule has 1 unspecified atom stereocenters. The lowest BCUT2D eigenvalue weighted by atomic mass is 10.0. The number of imidazole rings is 1. The molecule has 0 aliphatic heterocycles. The van der Waals surface area contributed by atoms with Crippen LogP contribution in [-0.4, -0.2) is 57.6 Å². The van der Waals surface area contributed by atoms with E-state index in [0.29, 0.717) is 28.3 Å². The van der Waals surface area contributed by atoms with Crippen molar-refractivity contribution in [3.63, 3.8) is 0 Å². The number of urea groups is 1. The molecule has 184 valence electrons. The summed E-state index contributed by atoms with van der Waals surface area (Å²) in [6.45, 7) is 3.30. The molecule has 1 aromatic carbocycles. The molecule has 0 saturated carbocycles. The number of methoxy groups -OCH3 is 1. The number of ether oxygens (including phenoxy) is 1. The molecule has 1 N–H and O–H groups in total. The van der Waals surface area contributed by atoms with Crippen LogP contribution in [0.2, 0.25) is 0 Å². The second kappa shape index (κ2) is 10.2. The molecule has 2 heterocycles. The highest BCUT2D eigenvalue weighted by Crippen LogP contribution is 2.29. The Balaban J connectivity index is 1.87. The van der Waals surface area contributed by atoms with E-state index in [9.17, 15) is 26.7 Å². The van der Waals surface area contributed by atoms with E-state index in [-0.39, 0.29) is 6.54 Å². The number of halogens is 5. The molecule has 0 aliphatic carbocycles. The summed E-state index contributed by atoms with van der Waals surface area (Å²) in [7, 11) is 1.47. The first-order valence-electron chi connectivity index (χ1n) is 10.4. The van der Waals surface area contributed by atoms with E-state index in [1.54, 1.807) is 66.4 Å². The Morgan fingerprint density at radius 3 is 2.65 bits per heavy atom. The molecule has 0 spiro atoms. The summed E-state index contributed by atoms with van der Waals surface area (Å²) < 4.78 is 71.7. The van der Waals surface area contributed by atoms with Crippen LogP contribution in [0.3, 0.4) is 0 Å². The van der Waals surface area contributed by atoms with Crippen LogP contribution >= 0.6 is 0 Å². The lowest BCUT2D eigenvalue weighted by Gasteiger charge is -2.31. The quantitative estimate of drug-likeness (QED) is 0.452. The molecule has 3 rings (SSSR count). The second-order valence-electron chi connectivity index (χ2n) is 7.55. The van der Waals surface area contributed by atoms with Crippen LogP contribution in [0.25, 0.3) is 16.9 Å². The van der Waals surface area contributed by atoms with E-state index in [4.69, 9.17) is 4.74 Å². The minimum atomic E-state index is -4.99. The first-order valence-corrected chi connectivity index (χ1v) is 10.4. The number of benzene rings is 1. The fraction of sp³-hybridized carbons (Fsp3) is 0.409. The predicted octanol–water partition coefficient (Wildman–Crippen LogP) is 5.08. The summed E-state index contributed by atoms with van der Waals surface area (Å²) in [5.74, 6) is 0.313. The Morgan fingerprint density at radius 2 is 2.03 bits per heavy atom. The Bertz CT molecular complexity index is 1130.